The first-order chi connectivity index (χ1) is 17.6. The lowest BCUT2D eigenvalue weighted by Gasteiger charge is -2.37. The number of carbonyl (C=O) groups is 2. The number of hydrogen-bond acceptors (Lipinski definition) is 5. The van der Waals surface area contributed by atoms with Crippen LogP contribution in [0.15, 0.2) is 36.9 Å². The third-order valence-electron chi connectivity index (χ3n) is 7.49. The zero-order valence-corrected chi connectivity index (χ0v) is 21.3. The maximum Gasteiger partial charge on any atom is 0.437 e. The van der Waals surface area contributed by atoms with Crippen LogP contribution in [0.25, 0.3) is 10.9 Å². The third-order valence-corrected chi connectivity index (χ3v) is 7.49. The maximum absolute atomic E-state index is 14.1. The molecule has 1 saturated heterocycles. The first-order valence-electron chi connectivity index (χ1n) is 12.8. The monoisotopic (exact) mass is 518 g/mol. The van der Waals surface area contributed by atoms with Crippen LogP contribution in [0.4, 0.5) is 13.2 Å². The summed E-state index contributed by atoms with van der Waals surface area (Å²) in [6, 6.07) is 5.78. The van der Waals surface area contributed by atoms with E-state index in [1.54, 1.807) is 24.3 Å². The molecule has 0 radical (unpaired) electrons. The minimum Gasteiger partial charge on any atom is -0.483 e. The van der Waals surface area contributed by atoms with Gasteiger partial charge in [-0.3, -0.25) is 4.79 Å². The number of unbranched alkanes of at least 4 members (excludes halogenated alkanes) is 3. The van der Waals surface area contributed by atoms with Crippen molar-refractivity contribution in [2.75, 3.05) is 13.7 Å². The summed E-state index contributed by atoms with van der Waals surface area (Å²) in [6.07, 6.45) is 2.31. The van der Waals surface area contributed by atoms with Gasteiger partial charge in [0.15, 0.2) is 11.4 Å². The van der Waals surface area contributed by atoms with E-state index in [0.717, 1.165) is 25.7 Å². The summed E-state index contributed by atoms with van der Waals surface area (Å²) in [7, 11) is 1.24. The van der Waals surface area contributed by atoms with Crippen LogP contribution in [0, 0.1) is 5.92 Å². The SMILES string of the molecule is C=CCCCCC[C@H](C)C(=O)N1C[C@]2(CCc3c(c(C(F)(F)F)nc4ccccc34)O2)C[C@H]1C(=O)OC. The number of aryl methyl sites for hydroxylation is 1. The molecule has 1 aromatic carbocycles. The zero-order valence-electron chi connectivity index (χ0n) is 21.3. The number of nitrogens with zero attached hydrogens (tertiary/aromatic N) is 2. The van der Waals surface area contributed by atoms with Crippen molar-refractivity contribution in [1.29, 1.82) is 0 Å². The highest BCUT2D eigenvalue weighted by Gasteiger charge is 2.54. The van der Waals surface area contributed by atoms with Gasteiger partial charge in [0.05, 0.1) is 19.2 Å². The van der Waals surface area contributed by atoms with Gasteiger partial charge in [-0.05, 0) is 38.2 Å². The van der Waals surface area contributed by atoms with Crippen LogP contribution in [0.3, 0.4) is 0 Å². The number of allylic oxidation sites excluding steroid dienone is 1. The van der Waals surface area contributed by atoms with Crippen LogP contribution >= 0.6 is 0 Å². The van der Waals surface area contributed by atoms with Gasteiger partial charge in [0.2, 0.25) is 5.91 Å². The smallest absolute Gasteiger partial charge is 0.437 e. The Kier molecular flexibility index (Phi) is 7.80. The summed E-state index contributed by atoms with van der Waals surface area (Å²) in [4.78, 5) is 31.5. The number of ether oxygens (including phenoxy) is 2. The number of benzene rings is 1. The van der Waals surface area contributed by atoms with Crippen molar-refractivity contribution < 1.29 is 32.2 Å². The van der Waals surface area contributed by atoms with Crippen LogP contribution in [-0.4, -0.2) is 47.1 Å². The second-order valence-corrected chi connectivity index (χ2v) is 10.1. The number of fused-ring (bicyclic) bond motifs is 3. The van der Waals surface area contributed by atoms with Crippen molar-refractivity contribution in [1.82, 2.24) is 9.88 Å². The molecule has 4 rings (SSSR count). The fraction of sp³-hybridized carbons (Fsp3) is 0.536. The fourth-order valence-corrected chi connectivity index (χ4v) is 5.54. The van der Waals surface area contributed by atoms with E-state index >= 15 is 0 Å². The Hall–Kier alpha value is -3.10. The van der Waals surface area contributed by atoms with Crippen LogP contribution in [-0.2, 0) is 26.9 Å². The number of aromatic nitrogens is 1. The summed E-state index contributed by atoms with van der Waals surface area (Å²) >= 11 is 0. The fourth-order valence-electron chi connectivity index (χ4n) is 5.54. The number of alkyl halides is 3. The van der Waals surface area contributed by atoms with E-state index in [0.29, 0.717) is 30.2 Å². The molecule has 2 aliphatic heterocycles. The number of carbonyl (C=O) groups excluding carboxylic acids is 2. The second-order valence-electron chi connectivity index (χ2n) is 10.1. The first kappa shape index (κ1) is 26.9. The number of para-hydroxylation sites is 1. The van der Waals surface area contributed by atoms with E-state index in [1.165, 1.54) is 12.0 Å². The van der Waals surface area contributed by atoms with E-state index < -0.39 is 29.5 Å². The lowest BCUT2D eigenvalue weighted by atomic mass is 9.87. The Morgan fingerprint density at radius 2 is 2.05 bits per heavy atom. The summed E-state index contributed by atoms with van der Waals surface area (Å²) in [6.45, 7) is 5.56. The molecule has 3 atom stereocenters. The lowest BCUT2D eigenvalue weighted by Crippen LogP contribution is -2.46. The Morgan fingerprint density at radius 3 is 2.76 bits per heavy atom. The van der Waals surface area contributed by atoms with Gasteiger partial charge < -0.3 is 14.4 Å². The molecule has 200 valence electrons. The van der Waals surface area contributed by atoms with Crippen LogP contribution in [0.5, 0.6) is 5.75 Å². The van der Waals surface area contributed by atoms with Crippen LogP contribution in [0.2, 0.25) is 0 Å². The molecule has 0 saturated carbocycles. The number of hydrogen-bond donors (Lipinski definition) is 0. The first-order valence-corrected chi connectivity index (χ1v) is 12.8. The van der Waals surface area contributed by atoms with Gasteiger partial charge in [-0.1, -0.05) is 44.0 Å². The third kappa shape index (κ3) is 5.45. The highest BCUT2D eigenvalue weighted by Crippen LogP contribution is 2.48. The Bertz CT molecular complexity index is 1180. The molecule has 1 amide bonds. The largest absolute Gasteiger partial charge is 0.483 e. The molecular formula is C28H33F3N2O4. The molecule has 2 aliphatic rings. The minimum atomic E-state index is -4.72. The molecule has 3 heterocycles. The van der Waals surface area contributed by atoms with Gasteiger partial charge >= 0.3 is 12.1 Å². The molecule has 1 spiro atoms. The lowest BCUT2D eigenvalue weighted by molar-refractivity contribution is -0.152. The van der Waals surface area contributed by atoms with E-state index in [2.05, 4.69) is 11.6 Å². The molecule has 9 heteroatoms. The summed E-state index contributed by atoms with van der Waals surface area (Å²) < 4.78 is 53.3. The van der Waals surface area contributed by atoms with E-state index in [-0.39, 0.29) is 36.1 Å². The van der Waals surface area contributed by atoms with Gasteiger partial charge in [0.25, 0.3) is 0 Å². The average Bonchev–Trinajstić information content (AvgIpc) is 3.24. The van der Waals surface area contributed by atoms with Gasteiger partial charge in [-0.15, -0.1) is 6.58 Å². The number of likely N-dealkylation sites (tertiary alicyclic amines) is 1. The van der Waals surface area contributed by atoms with Gasteiger partial charge in [-0.2, -0.15) is 13.2 Å². The van der Waals surface area contributed by atoms with Crippen molar-refractivity contribution in [2.24, 2.45) is 5.92 Å². The van der Waals surface area contributed by atoms with Crippen LogP contribution < -0.4 is 4.74 Å². The number of esters is 1. The minimum absolute atomic E-state index is 0.0238. The van der Waals surface area contributed by atoms with Gasteiger partial charge in [0, 0.05) is 23.3 Å². The van der Waals surface area contributed by atoms with E-state index in [1.807, 2.05) is 13.0 Å². The number of methoxy groups -OCH3 is 1. The van der Waals surface area contributed by atoms with E-state index in [4.69, 9.17) is 9.47 Å². The van der Waals surface area contributed by atoms with Crippen molar-refractivity contribution >= 4 is 22.8 Å². The molecule has 0 aliphatic carbocycles. The predicted molar refractivity (Wildman–Crippen MR) is 133 cm³/mol. The molecule has 1 aromatic heterocycles. The van der Waals surface area contributed by atoms with Gasteiger partial charge in [0.1, 0.15) is 11.6 Å². The van der Waals surface area contributed by atoms with Crippen molar-refractivity contribution in [3.05, 3.63) is 48.2 Å². The van der Waals surface area contributed by atoms with Crippen LogP contribution in [0.1, 0.15) is 63.1 Å². The zero-order chi connectivity index (χ0) is 26.8. The topological polar surface area (TPSA) is 68.7 Å². The Morgan fingerprint density at radius 1 is 1.30 bits per heavy atom. The predicted octanol–water partition coefficient (Wildman–Crippen LogP) is 5.86. The molecule has 0 bridgehead atoms. The van der Waals surface area contributed by atoms with Gasteiger partial charge in [-0.25, -0.2) is 9.78 Å². The second kappa shape index (κ2) is 10.7. The maximum atomic E-state index is 14.1. The molecule has 0 unspecified atom stereocenters. The van der Waals surface area contributed by atoms with Crippen molar-refractivity contribution in [3.63, 3.8) is 0 Å². The molecule has 37 heavy (non-hydrogen) atoms. The Balaban J connectivity index is 1.62. The highest BCUT2D eigenvalue weighted by molar-refractivity contribution is 5.87. The number of pyridine rings is 1. The number of amides is 1. The normalized spacial score (nSPS) is 22.0. The highest BCUT2D eigenvalue weighted by atomic mass is 19.4. The molecule has 1 fully saturated rings. The quantitative estimate of drug-likeness (QED) is 0.249. The number of halogens is 3. The average molecular weight is 519 g/mol. The van der Waals surface area contributed by atoms with Crippen molar-refractivity contribution in [3.8, 4) is 5.75 Å². The summed E-state index contributed by atoms with van der Waals surface area (Å²) in [5, 5.41) is 0.612. The Labute approximate surface area is 214 Å². The molecule has 6 nitrogen and oxygen atoms in total. The molecule has 0 N–H and O–H groups in total. The standard InChI is InChI=1S/C28H33F3N2O4/c1-4-5-6-7-8-11-18(2)25(34)33-17-27(16-22(33)26(35)36-3)15-14-20-19-12-9-10-13-21(19)32-24(23(20)37-27)28(29,30)31/h4,9-10,12-13,18,22H,1,5-8,11,14-17H2,2-3H3/t18-,22-,27-/m0/s1. The summed E-state index contributed by atoms with van der Waals surface area (Å²) in [5.74, 6) is -1.44. The van der Waals surface area contributed by atoms with E-state index in [9.17, 15) is 22.8 Å². The van der Waals surface area contributed by atoms with Crippen molar-refractivity contribution in [2.45, 2.75) is 76.1 Å². The number of rotatable bonds is 8. The molecule has 2 aromatic rings. The summed E-state index contributed by atoms with van der Waals surface area (Å²) in [5.41, 5.74) is -1.50. The molecular weight excluding hydrogens is 485 g/mol.